The molecule has 0 saturated carbocycles. The summed E-state index contributed by atoms with van der Waals surface area (Å²) in [6.07, 6.45) is -1.52. The van der Waals surface area contributed by atoms with E-state index in [0.29, 0.717) is 6.54 Å². The third-order valence-electron chi connectivity index (χ3n) is 3.75. The second-order valence-corrected chi connectivity index (χ2v) is 5.20. The van der Waals surface area contributed by atoms with Crippen LogP contribution in [0.2, 0.25) is 0 Å². The lowest BCUT2D eigenvalue weighted by molar-refractivity contribution is -0.141. The van der Waals surface area contributed by atoms with Gasteiger partial charge in [-0.25, -0.2) is 0 Å². The van der Waals surface area contributed by atoms with Gasteiger partial charge in [0.15, 0.2) is 5.69 Å². The molecule has 0 radical (unpaired) electrons. The Labute approximate surface area is 121 Å². The summed E-state index contributed by atoms with van der Waals surface area (Å²) in [4.78, 5) is 14.2. The maximum atomic E-state index is 12.8. The minimum atomic E-state index is -4.63. The topological polar surface area (TPSA) is 50.2 Å². The fourth-order valence-electron chi connectivity index (χ4n) is 2.71. The van der Waals surface area contributed by atoms with Crippen molar-refractivity contribution in [2.45, 2.75) is 32.0 Å². The Morgan fingerprint density at radius 2 is 2.24 bits per heavy atom. The molecular formula is C13H19F3N4O. The van der Waals surface area contributed by atoms with Crippen molar-refractivity contribution in [3.63, 3.8) is 0 Å². The predicted octanol–water partition coefficient (Wildman–Crippen LogP) is 1.65. The Morgan fingerprint density at radius 3 is 2.86 bits per heavy atom. The Bertz CT molecular complexity index is 512. The summed E-state index contributed by atoms with van der Waals surface area (Å²) in [5.74, 6) is -0.724. The first-order valence-electron chi connectivity index (χ1n) is 6.96. The zero-order valence-corrected chi connectivity index (χ0v) is 12.1. The van der Waals surface area contributed by atoms with Gasteiger partial charge in [0.05, 0.1) is 5.56 Å². The Morgan fingerprint density at radius 1 is 1.52 bits per heavy atom. The number of hydrogen-bond donors (Lipinski definition) is 1. The highest BCUT2D eigenvalue weighted by molar-refractivity contribution is 5.95. The van der Waals surface area contributed by atoms with Crippen LogP contribution in [-0.4, -0.2) is 46.3 Å². The number of nitrogens with one attached hydrogen (secondary N) is 1. The summed E-state index contributed by atoms with van der Waals surface area (Å²) in [6, 6.07) is 0.199. The summed E-state index contributed by atoms with van der Waals surface area (Å²) in [6.45, 7) is 4.24. The van der Waals surface area contributed by atoms with Crippen molar-refractivity contribution in [1.29, 1.82) is 0 Å². The molecule has 0 aromatic carbocycles. The third-order valence-corrected chi connectivity index (χ3v) is 3.75. The molecule has 8 heteroatoms. The number of halogens is 3. The van der Waals surface area contributed by atoms with Crippen molar-refractivity contribution in [3.8, 4) is 0 Å². The second-order valence-electron chi connectivity index (χ2n) is 5.20. The van der Waals surface area contributed by atoms with E-state index in [0.717, 1.165) is 36.8 Å². The van der Waals surface area contributed by atoms with Crippen molar-refractivity contribution in [1.82, 2.24) is 20.0 Å². The van der Waals surface area contributed by atoms with Crippen LogP contribution in [0.25, 0.3) is 0 Å². The highest BCUT2D eigenvalue weighted by Gasteiger charge is 2.39. The first-order chi connectivity index (χ1) is 9.82. The normalized spacial score (nSPS) is 20.0. The number of rotatable bonds is 4. The van der Waals surface area contributed by atoms with Gasteiger partial charge in [-0.3, -0.25) is 14.4 Å². The third kappa shape index (κ3) is 3.55. The van der Waals surface area contributed by atoms with Crippen LogP contribution in [0.4, 0.5) is 13.2 Å². The summed E-state index contributed by atoms with van der Waals surface area (Å²) >= 11 is 0. The van der Waals surface area contributed by atoms with Gasteiger partial charge in [0, 0.05) is 25.8 Å². The molecule has 0 aliphatic carbocycles. The number of likely N-dealkylation sites (tertiary alicyclic amines) is 1. The molecule has 1 amide bonds. The summed E-state index contributed by atoms with van der Waals surface area (Å²) < 4.78 is 39.5. The number of hydrogen-bond acceptors (Lipinski definition) is 3. The first-order valence-corrected chi connectivity index (χ1v) is 6.96. The van der Waals surface area contributed by atoms with E-state index in [4.69, 9.17) is 0 Å². The molecule has 1 fully saturated rings. The van der Waals surface area contributed by atoms with Crippen LogP contribution < -0.4 is 5.32 Å². The van der Waals surface area contributed by atoms with Crippen LogP contribution >= 0.6 is 0 Å². The number of alkyl halides is 3. The molecule has 21 heavy (non-hydrogen) atoms. The van der Waals surface area contributed by atoms with Gasteiger partial charge in [-0.05, 0) is 25.9 Å². The summed E-state index contributed by atoms with van der Waals surface area (Å²) in [5, 5.41) is 5.93. The average Bonchev–Trinajstić information content (AvgIpc) is 3.01. The van der Waals surface area contributed by atoms with Crippen molar-refractivity contribution in [3.05, 3.63) is 17.5 Å². The van der Waals surface area contributed by atoms with Crippen LogP contribution in [-0.2, 0) is 13.2 Å². The number of aromatic nitrogens is 2. The number of amides is 1. The van der Waals surface area contributed by atoms with Gasteiger partial charge in [-0.2, -0.15) is 18.3 Å². The van der Waals surface area contributed by atoms with E-state index < -0.39 is 23.3 Å². The Balaban J connectivity index is 2.04. The van der Waals surface area contributed by atoms with Crippen molar-refractivity contribution < 1.29 is 18.0 Å². The number of nitrogens with zero attached hydrogens (tertiary/aromatic N) is 3. The smallest absolute Gasteiger partial charge is 0.350 e. The summed E-state index contributed by atoms with van der Waals surface area (Å²) in [7, 11) is 1.36. The Hall–Kier alpha value is -1.57. The minimum absolute atomic E-state index is 0.199. The first kappa shape index (κ1) is 15.8. The number of carbonyl (C=O) groups is 1. The fourth-order valence-corrected chi connectivity index (χ4v) is 2.71. The molecule has 0 spiro atoms. The van der Waals surface area contributed by atoms with Crippen LogP contribution in [0.15, 0.2) is 6.20 Å². The predicted molar refractivity (Wildman–Crippen MR) is 70.8 cm³/mol. The zero-order chi connectivity index (χ0) is 15.6. The average molecular weight is 304 g/mol. The second kappa shape index (κ2) is 6.05. The minimum Gasteiger partial charge on any atom is -0.350 e. The Kier molecular flexibility index (Phi) is 4.55. The van der Waals surface area contributed by atoms with Gasteiger partial charge in [-0.15, -0.1) is 0 Å². The number of likely N-dealkylation sites (N-methyl/N-ethyl adjacent to an activating group) is 1. The SMILES string of the molecule is CCN1CCC[C@H]1CNC(=O)c1cn(C)nc1C(F)(F)F. The maximum Gasteiger partial charge on any atom is 0.435 e. The molecule has 0 unspecified atom stereocenters. The summed E-state index contributed by atoms with van der Waals surface area (Å²) in [5.41, 5.74) is -1.56. The highest BCUT2D eigenvalue weighted by Crippen LogP contribution is 2.30. The van der Waals surface area contributed by atoms with Crippen molar-refractivity contribution in [2.75, 3.05) is 19.6 Å². The van der Waals surface area contributed by atoms with Crippen LogP contribution in [0, 0.1) is 0 Å². The van der Waals surface area contributed by atoms with E-state index >= 15 is 0 Å². The molecule has 1 aromatic heterocycles. The van der Waals surface area contributed by atoms with Gasteiger partial charge in [-0.1, -0.05) is 6.92 Å². The van der Waals surface area contributed by atoms with Gasteiger partial charge < -0.3 is 5.32 Å². The molecule has 2 rings (SSSR count). The van der Waals surface area contributed by atoms with Gasteiger partial charge in [0.1, 0.15) is 0 Å². The van der Waals surface area contributed by atoms with Crippen molar-refractivity contribution >= 4 is 5.91 Å². The molecule has 1 aliphatic rings. The van der Waals surface area contributed by atoms with E-state index in [1.165, 1.54) is 7.05 Å². The van der Waals surface area contributed by atoms with Crippen LogP contribution in [0.1, 0.15) is 35.8 Å². The van der Waals surface area contributed by atoms with Crippen LogP contribution in [0.5, 0.6) is 0 Å². The van der Waals surface area contributed by atoms with E-state index in [-0.39, 0.29) is 6.04 Å². The molecule has 1 atom stereocenters. The van der Waals surface area contributed by atoms with E-state index in [1.54, 1.807) is 0 Å². The molecule has 2 heterocycles. The molecule has 1 aliphatic heterocycles. The van der Waals surface area contributed by atoms with Gasteiger partial charge in [0.2, 0.25) is 0 Å². The maximum absolute atomic E-state index is 12.8. The molecule has 5 nitrogen and oxygen atoms in total. The quantitative estimate of drug-likeness (QED) is 0.920. The number of carbonyl (C=O) groups excluding carboxylic acids is 1. The molecule has 1 saturated heterocycles. The van der Waals surface area contributed by atoms with Crippen molar-refractivity contribution in [2.24, 2.45) is 7.05 Å². The zero-order valence-electron chi connectivity index (χ0n) is 12.1. The molecular weight excluding hydrogens is 285 g/mol. The highest BCUT2D eigenvalue weighted by atomic mass is 19.4. The molecule has 0 bridgehead atoms. The molecule has 118 valence electrons. The molecule has 1 N–H and O–H groups in total. The van der Waals surface area contributed by atoms with E-state index in [2.05, 4.69) is 15.3 Å². The number of aryl methyl sites for hydroxylation is 1. The lowest BCUT2D eigenvalue weighted by Gasteiger charge is -2.22. The van der Waals surface area contributed by atoms with Gasteiger partial charge in [0.25, 0.3) is 5.91 Å². The monoisotopic (exact) mass is 304 g/mol. The van der Waals surface area contributed by atoms with E-state index in [9.17, 15) is 18.0 Å². The van der Waals surface area contributed by atoms with E-state index in [1.807, 2.05) is 6.92 Å². The fraction of sp³-hybridized carbons (Fsp3) is 0.692. The van der Waals surface area contributed by atoms with Gasteiger partial charge >= 0.3 is 6.18 Å². The lowest BCUT2D eigenvalue weighted by atomic mass is 10.2. The standard InChI is InChI=1S/C13H19F3N4O/c1-3-20-6-4-5-9(20)7-17-12(21)10-8-19(2)18-11(10)13(14,15)16/h8-9H,3-7H2,1-2H3,(H,17,21)/t9-/m0/s1. The molecule has 1 aromatic rings. The lowest BCUT2D eigenvalue weighted by Crippen LogP contribution is -2.40. The van der Waals surface area contributed by atoms with Crippen LogP contribution in [0.3, 0.4) is 0 Å². The largest absolute Gasteiger partial charge is 0.435 e.